The Bertz CT molecular complexity index is 1250. The number of hydrogen-bond donors (Lipinski definition) is 1. The second-order valence-electron chi connectivity index (χ2n) is 7.41. The zero-order valence-electron chi connectivity index (χ0n) is 20.2. The van der Waals surface area contributed by atoms with Crippen molar-refractivity contribution in [3.63, 3.8) is 0 Å². The Morgan fingerprint density at radius 1 is 1.11 bits per heavy atom. The number of azo groups is 1. The summed E-state index contributed by atoms with van der Waals surface area (Å²) in [5.41, 5.74) is 0.790. The van der Waals surface area contributed by atoms with Gasteiger partial charge in [0.1, 0.15) is 17.4 Å². The van der Waals surface area contributed by atoms with Crippen LogP contribution in [0.1, 0.15) is 25.3 Å². The number of nitro benzene ring substituents is 1. The zero-order chi connectivity index (χ0) is 27.5. The molecule has 0 unspecified atom stereocenters. The number of halogens is 1. The number of ether oxygens (including phenoxy) is 2. The first-order valence-electron chi connectivity index (χ1n) is 10.7. The molecule has 0 radical (unpaired) electrons. The first-order chi connectivity index (χ1) is 17.6. The molecule has 0 aromatic heterocycles. The average molecular weight is 575 g/mol. The number of methoxy groups -OCH3 is 2. The van der Waals surface area contributed by atoms with Gasteiger partial charge >= 0.3 is 11.9 Å². The lowest BCUT2D eigenvalue weighted by Crippen LogP contribution is -2.29. The highest BCUT2D eigenvalue weighted by molar-refractivity contribution is 9.10. The number of non-ortho nitro benzene ring substituents is 1. The Kier molecular flexibility index (Phi) is 10.6. The van der Waals surface area contributed by atoms with E-state index in [2.05, 4.69) is 31.5 Å². The summed E-state index contributed by atoms with van der Waals surface area (Å²) in [5.74, 6) is -1.26. The van der Waals surface area contributed by atoms with Crippen molar-refractivity contribution in [3.8, 4) is 6.07 Å². The number of carbonyl (C=O) groups excluding carboxylic acids is 3. The van der Waals surface area contributed by atoms with Crippen LogP contribution in [0.25, 0.3) is 0 Å². The molecule has 0 aliphatic carbocycles. The summed E-state index contributed by atoms with van der Waals surface area (Å²) < 4.78 is 9.58. The molecule has 2 aromatic carbocycles. The predicted molar refractivity (Wildman–Crippen MR) is 136 cm³/mol. The molecule has 1 amide bonds. The van der Waals surface area contributed by atoms with Gasteiger partial charge in [0, 0.05) is 37.8 Å². The van der Waals surface area contributed by atoms with Crippen LogP contribution >= 0.6 is 15.9 Å². The number of amides is 1. The van der Waals surface area contributed by atoms with Crippen LogP contribution in [0.3, 0.4) is 0 Å². The number of nitro groups is 1. The van der Waals surface area contributed by atoms with Gasteiger partial charge in [-0.25, -0.2) is 0 Å². The molecule has 0 saturated heterocycles. The second-order valence-corrected chi connectivity index (χ2v) is 8.27. The smallest absolute Gasteiger partial charge is 0.307 e. The van der Waals surface area contributed by atoms with E-state index in [9.17, 15) is 29.8 Å². The van der Waals surface area contributed by atoms with Gasteiger partial charge in [-0.2, -0.15) is 5.26 Å². The largest absolute Gasteiger partial charge is 0.469 e. The summed E-state index contributed by atoms with van der Waals surface area (Å²) in [4.78, 5) is 47.4. The maximum atomic E-state index is 11.9. The van der Waals surface area contributed by atoms with Crippen molar-refractivity contribution in [2.24, 2.45) is 10.2 Å². The summed E-state index contributed by atoms with van der Waals surface area (Å²) in [6, 6.07) is 8.95. The van der Waals surface area contributed by atoms with Gasteiger partial charge in [-0.1, -0.05) is 0 Å². The summed E-state index contributed by atoms with van der Waals surface area (Å²) in [6.45, 7) is 1.76. The Labute approximate surface area is 220 Å². The topological polar surface area (TPSA) is 177 Å². The first-order valence-corrected chi connectivity index (χ1v) is 11.5. The number of nitriles is 1. The molecule has 1 N–H and O–H groups in total. The molecule has 0 bridgehead atoms. The number of nitrogens with zero attached hydrogens (tertiary/aromatic N) is 5. The van der Waals surface area contributed by atoms with E-state index >= 15 is 0 Å². The molecule has 0 spiro atoms. The third kappa shape index (κ3) is 8.36. The van der Waals surface area contributed by atoms with E-state index in [0.717, 1.165) is 6.07 Å². The Balaban J connectivity index is 2.47. The molecule has 37 heavy (non-hydrogen) atoms. The molecule has 0 atom stereocenters. The molecule has 0 saturated carbocycles. The molecule has 0 heterocycles. The first kappa shape index (κ1) is 28.9. The van der Waals surface area contributed by atoms with Gasteiger partial charge in [-0.15, -0.1) is 10.2 Å². The van der Waals surface area contributed by atoms with Gasteiger partial charge in [0.2, 0.25) is 5.91 Å². The molecule has 14 heteroatoms. The van der Waals surface area contributed by atoms with Gasteiger partial charge in [-0.05, 0) is 34.1 Å². The summed E-state index contributed by atoms with van der Waals surface area (Å²) in [6.07, 6.45) is 0.111. The van der Waals surface area contributed by atoms with E-state index in [4.69, 9.17) is 9.47 Å². The molecule has 0 aliphatic rings. The van der Waals surface area contributed by atoms with Gasteiger partial charge in [0.15, 0.2) is 0 Å². The van der Waals surface area contributed by atoms with E-state index in [0.29, 0.717) is 5.69 Å². The van der Waals surface area contributed by atoms with Crippen molar-refractivity contribution >= 4 is 62.2 Å². The average Bonchev–Trinajstić information content (AvgIpc) is 2.87. The van der Waals surface area contributed by atoms with Crippen molar-refractivity contribution in [1.29, 1.82) is 5.26 Å². The van der Waals surface area contributed by atoms with E-state index < -0.39 is 22.8 Å². The number of nitrogens with one attached hydrogen (secondary N) is 1. The minimum atomic E-state index is -0.633. The normalized spacial score (nSPS) is 10.5. The maximum absolute atomic E-state index is 11.9. The Morgan fingerprint density at radius 3 is 2.24 bits per heavy atom. The number of hydrogen-bond acceptors (Lipinski definition) is 11. The predicted octanol–water partition coefficient (Wildman–Crippen LogP) is 4.54. The fourth-order valence-electron chi connectivity index (χ4n) is 3.11. The highest BCUT2D eigenvalue weighted by Gasteiger charge is 2.17. The Hall–Kier alpha value is -4.38. The monoisotopic (exact) mass is 574 g/mol. The van der Waals surface area contributed by atoms with E-state index in [1.165, 1.54) is 27.2 Å². The highest BCUT2D eigenvalue weighted by atomic mass is 79.9. The lowest BCUT2D eigenvalue weighted by atomic mass is 10.2. The molecule has 0 fully saturated rings. The molecule has 2 aromatic rings. The van der Waals surface area contributed by atoms with Crippen LogP contribution in [0.5, 0.6) is 0 Å². The highest BCUT2D eigenvalue weighted by Crippen LogP contribution is 2.37. The van der Waals surface area contributed by atoms with Crippen LogP contribution in [0.4, 0.5) is 28.4 Å². The van der Waals surface area contributed by atoms with Crippen molar-refractivity contribution < 1.29 is 28.8 Å². The number of carbonyl (C=O) groups is 3. The summed E-state index contributed by atoms with van der Waals surface area (Å²) >= 11 is 3.18. The van der Waals surface area contributed by atoms with Gasteiger partial charge in [-0.3, -0.25) is 24.5 Å². The fraction of sp³-hybridized carbons (Fsp3) is 0.304. The third-order valence-electron chi connectivity index (χ3n) is 4.92. The molecule has 0 aliphatic heterocycles. The van der Waals surface area contributed by atoms with Crippen LogP contribution in [0.2, 0.25) is 0 Å². The number of rotatable bonds is 11. The standard InChI is InChI=1S/C23H23BrN6O7/c1-14(31)26-20-12-16(29(8-6-21(32)36-2)9-7-22(33)37-3)4-5-19(20)27-28-23-15(13-25)10-17(30(34)35)11-18(23)24/h4-5,10-12H,6-9H2,1-3H3,(H,26,31). The van der Waals surface area contributed by atoms with Crippen molar-refractivity contribution in [1.82, 2.24) is 0 Å². The van der Waals surface area contributed by atoms with E-state index in [1.807, 2.05) is 6.07 Å². The fourth-order valence-corrected chi connectivity index (χ4v) is 3.63. The molecule has 194 valence electrons. The zero-order valence-corrected chi connectivity index (χ0v) is 21.8. The maximum Gasteiger partial charge on any atom is 0.307 e. The van der Waals surface area contributed by atoms with Crippen molar-refractivity contribution in [2.45, 2.75) is 19.8 Å². The number of benzene rings is 2. The van der Waals surface area contributed by atoms with Gasteiger partial charge in [0.25, 0.3) is 5.69 Å². The van der Waals surface area contributed by atoms with Crippen LogP contribution in [0, 0.1) is 21.4 Å². The molecular weight excluding hydrogens is 552 g/mol. The minimum absolute atomic E-state index is 0.0553. The lowest BCUT2D eigenvalue weighted by molar-refractivity contribution is -0.384. The van der Waals surface area contributed by atoms with Crippen LogP contribution in [-0.4, -0.2) is 50.1 Å². The quantitative estimate of drug-likeness (QED) is 0.174. The van der Waals surface area contributed by atoms with Gasteiger partial charge in [0.05, 0.1) is 47.7 Å². The van der Waals surface area contributed by atoms with Crippen LogP contribution in [-0.2, 0) is 23.9 Å². The number of anilines is 2. The van der Waals surface area contributed by atoms with Crippen LogP contribution < -0.4 is 10.2 Å². The minimum Gasteiger partial charge on any atom is -0.469 e. The second kappa shape index (κ2) is 13.6. The molecule has 13 nitrogen and oxygen atoms in total. The summed E-state index contributed by atoms with van der Waals surface area (Å²) in [7, 11) is 2.55. The van der Waals surface area contributed by atoms with Crippen LogP contribution in [0.15, 0.2) is 45.0 Å². The summed E-state index contributed by atoms with van der Waals surface area (Å²) in [5, 5.41) is 31.4. The Morgan fingerprint density at radius 2 is 1.73 bits per heavy atom. The van der Waals surface area contributed by atoms with Gasteiger partial charge < -0.3 is 19.7 Å². The van der Waals surface area contributed by atoms with Crippen molar-refractivity contribution in [3.05, 3.63) is 50.5 Å². The van der Waals surface area contributed by atoms with Crippen molar-refractivity contribution in [2.75, 3.05) is 37.5 Å². The third-order valence-corrected chi connectivity index (χ3v) is 5.52. The molecular formula is C23H23BrN6O7. The van der Waals surface area contributed by atoms with E-state index in [-0.39, 0.29) is 58.7 Å². The van der Waals surface area contributed by atoms with E-state index in [1.54, 1.807) is 23.1 Å². The SMILES string of the molecule is COC(=O)CCN(CCC(=O)OC)c1ccc(N=Nc2c(Br)cc([N+](=O)[O-])cc2C#N)c(NC(C)=O)c1. The molecule has 2 rings (SSSR count). The number of esters is 2. The lowest BCUT2D eigenvalue weighted by Gasteiger charge is -2.25.